The van der Waals surface area contributed by atoms with Gasteiger partial charge in [-0.3, -0.25) is 19.9 Å². The van der Waals surface area contributed by atoms with E-state index in [1.165, 1.54) is 28.9 Å². The predicted molar refractivity (Wildman–Crippen MR) is 153 cm³/mol. The Balaban J connectivity index is 1.09. The molecule has 8 nitrogen and oxygen atoms in total. The molecule has 2 amide bonds. The zero-order valence-electron chi connectivity index (χ0n) is 23.5. The summed E-state index contributed by atoms with van der Waals surface area (Å²) in [6, 6.07) is 13.0. The van der Waals surface area contributed by atoms with E-state index < -0.39 is 0 Å². The van der Waals surface area contributed by atoms with Gasteiger partial charge in [-0.1, -0.05) is 37.1 Å². The smallest absolute Gasteiger partial charge is 0.231 e. The average molecular weight is 547 g/mol. The molecule has 40 heavy (non-hydrogen) atoms. The van der Waals surface area contributed by atoms with Crippen LogP contribution in [0.4, 0.5) is 10.1 Å². The third-order valence-electron chi connectivity index (χ3n) is 9.02. The van der Waals surface area contributed by atoms with Crippen LogP contribution in [0.5, 0.6) is 0 Å². The molecule has 0 bridgehead atoms. The van der Waals surface area contributed by atoms with Crippen molar-refractivity contribution >= 4 is 23.3 Å². The van der Waals surface area contributed by atoms with Gasteiger partial charge in [-0.05, 0) is 61.6 Å². The lowest BCUT2D eigenvalue weighted by atomic mass is 9.80. The normalized spacial score (nSPS) is 24.4. The van der Waals surface area contributed by atoms with E-state index in [0.29, 0.717) is 32.5 Å². The summed E-state index contributed by atoms with van der Waals surface area (Å²) in [4.78, 5) is 35.3. The van der Waals surface area contributed by atoms with Crippen LogP contribution >= 0.6 is 0 Å². The Labute approximate surface area is 235 Å². The Kier molecular flexibility index (Phi) is 7.38. The van der Waals surface area contributed by atoms with E-state index in [0.717, 1.165) is 50.2 Å². The summed E-state index contributed by atoms with van der Waals surface area (Å²) in [5.41, 5.74) is 7.86. The SMILES string of the molecule is Cc1ccc(C)c(N2CCN(C(=O)CCC3=NNC4N(Cc5ccc(F)cc5)C(=O)C5CCCCC5N34)CC2)c1. The first-order chi connectivity index (χ1) is 19.4. The number of amidine groups is 1. The van der Waals surface area contributed by atoms with E-state index in [-0.39, 0.29) is 35.9 Å². The van der Waals surface area contributed by atoms with E-state index in [1.807, 2.05) is 9.80 Å². The Morgan fingerprint density at radius 3 is 2.55 bits per heavy atom. The van der Waals surface area contributed by atoms with Crippen LogP contribution in [0.1, 0.15) is 55.2 Å². The highest BCUT2D eigenvalue weighted by atomic mass is 19.1. The number of rotatable bonds is 6. The molecule has 3 fully saturated rings. The summed E-state index contributed by atoms with van der Waals surface area (Å²) in [7, 11) is 0. The van der Waals surface area contributed by atoms with Gasteiger partial charge in [-0.15, -0.1) is 0 Å². The number of carbonyl (C=O) groups is 2. The zero-order chi connectivity index (χ0) is 27.8. The second-order valence-electron chi connectivity index (χ2n) is 11.6. The van der Waals surface area contributed by atoms with Gasteiger partial charge < -0.3 is 14.7 Å². The monoisotopic (exact) mass is 546 g/mol. The molecule has 2 aromatic carbocycles. The molecule has 1 aliphatic carbocycles. The van der Waals surface area contributed by atoms with Crippen molar-refractivity contribution in [2.24, 2.45) is 11.0 Å². The van der Waals surface area contributed by atoms with Gasteiger partial charge in [0.25, 0.3) is 0 Å². The molecule has 0 spiro atoms. The number of hydrogen-bond donors (Lipinski definition) is 1. The quantitative estimate of drug-likeness (QED) is 0.594. The van der Waals surface area contributed by atoms with E-state index in [2.05, 4.69) is 52.4 Å². The van der Waals surface area contributed by atoms with Gasteiger partial charge in [0.15, 0.2) is 6.29 Å². The summed E-state index contributed by atoms with van der Waals surface area (Å²) >= 11 is 0. The molecule has 3 atom stereocenters. The van der Waals surface area contributed by atoms with Crippen molar-refractivity contribution in [3.05, 3.63) is 65.0 Å². The molecular weight excluding hydrogens is 507 g/mol. The van der Waals surface area contributed by atoms with Gasteiger partial charge in [-0.2, -0.15) is 5.10 Å². The van der Waals surface area contributed by atoms with Gasteiger partial charge in [0, 0.05) is 57.3 Å². The highest BCUT2D eigenvalue weighted by molar-refractivity contribution is 5.91. The minimum Gasteiger partial charge on any atom is -0.368 e. The number of nitrogens with zero attached hydrogens (tertiary/aromatic N) is 5. The number of aryl methyl sites for hydroxylation is 2. The minimum absolute atomic E-state index is 0.0793. The summed E-state index contributed by atoms with van der Waals surface area (Å²) < 4.78 is 13.5. The molecule has 6 rings (SSSR count). The first kappa shape index (κ1) is 26.6. The standard InChI is InChI=1S/C31H39FN6O2/c1-21-7-8-22(2)27(19-21)35-15-17-36(18-16-35)29(39)14-13-28-33-34-31-37(20-23-9-11-24(32)12-10-23)30(40)25-5-3-4-6-26(25)38(28)31/h7-12,19,25-26,31,34H,3-6,13-18,20H2,1-2H3. The van der Waals surface area contributed by atoms with Crippen LogP contribution < -0.4 is 10.3 Å². The van der Waals surface area contributed by atoms with Gasteiger partial charge in [0.1, 0.15) is 11.7 Å². The molecule has 3 aliphatic heterocycles. The average Bonchev–Trinajstić information content (AvgIpc) is 3.40. The number of benzene rings is 2. The van der Waals surface area contributed by atoms with Crippen molar-refractivity contribution in [1.82, 2.24) is 20.1 Å². The maximum absolute atomic E-state index is 13.6. The van der Waals surface area contributed by atoms with Gasteiger partial charge in [-0.25, -0.2) is 4.39 Å². The fourth-order valence-corrected chi connectivity index (χ4v) is 6.82. The molecule has 3 unspecified atom stereocenters. The molecule has 0 aromatic heterocycles. The van der Waals surface area contributed by atoms with Crippen LogP contribution in [-0.4, -0.2) is 70.9 Å². The predicted octanol–water partition coefficient (Wildman–Crippen LogP) is 3.97. The van der Waals surface area contributed by atoms with Crippen molar-refractivity contribution in [3.8, 4) is 0 Å². The van der Waals surface area contributed by atoms with Crippen molar-refractivity contribution in [2.45, 2.75) is 71.2 Å². The van der Waals surface area contributed by atoms with Gasteiger partial charge in [0.2, 0.25) is 11.8 Å². The number of carbonyl (C=O) groups excluding carboxylic acids is 2. The molecule has 0 radical (unpaired) electrons. The Hall–Kier alpha value is -3.62. The zero-order valence-corrected chi connectivity index (χ0v) is 23.5. The number of halogens is 1. The van der Waals surface area contributed by atoms with Crippen molar-refractivity contribution < 1.29 is 14.0 Å². The largest absolute Gasteiger partial charge is 0.368 e. The third kappa shape index (κ3) is 5.13. The lowest BCUT2D eigenvalue weighted by molar-refractivity contribution is -0.156. The van der Waals surface area contributed by atoms with Crippen LogP contribution in [0.3, 0.4) is 0 Å². The van der Waals surface area contributed by atoms with E-state index in [1.54, 1.807) is 12.1 Å². The fourth-order valence-electron chi connectivity index (χ4n) is 6.82. The highest BCUT2D eigenvalue weighted by Crippen LogP contribution is 2.38. The number of hydrogen-bond acceptors (Lipinski definition) is 6. The van der Waals surface area contributed by atoms with Gasteiger partial charge >= 0.3 is 0 Å². The van der Waals surface area contributed by atoms with Gasteiger partial charge in [0.05, 0.1) is 5.92 Å². The van der Waals surface area contributed by atoms with Crippen LogP contribution in [0.25, 0.3) is 0 Å². The number of nitrogens with one attached hydrogen (secondary N) is 1. The van der Waals surface area contributed by atoms with E-state index in [4.69, 9.17) is 0 Å². The van der Waals surface area contributed by atoms with Crippen LogP contribution in [0.2, 0.25) is 0 Å². The molecule has 2 saturated heterocycles. The summed E-state index contributed by atoms with van der Waals surface area (Å²) in [5.74, 6) is 0.786. The molecular formula is C31H39FN6O2. The lowest BCUT2D eigenvalue weighted by Gasteiger charge is -2.50. The summed E-state index contributed by atoms with van der Waals surface area (Å²) in [6.07, 6.45) is 4.52. The molecule has 9 heteroatoms. The third-order valence-corrected chi connectivity index (χ3v) is 9.02. The molecule has 3 heterocycles. The molecule has 1 saturated carbocycles. The lowest BCUT2D eigenvalue weighted by Crippen LogP contribution is -2.67. The van der Waals surface area contributed by atoms with E-state index in [9.17, 15) is 14.0 Å². The first-order valence-corrected chi connectivity index (χ1v) is 14.6. The second kappa shape index (κ2) is 11.1. The van der Waals surface area contributed by atoms with Crippen molar-refractivity contribution in [2.75, 3.05) is 31.1 Å². The van der Waals surface area contributed by atoms with Crippen LogP contribution in [0.15, 0.2) is 47.6 Å². The number of anilines is 1. The van der Waals surface area contributed by atoms with E-state index >= 15 is 0 Å². The second-order valence-corrected chi connectivity index (χ2v) is 11.6. The highest BCUT2D eigenvalue weighted by Gasteiger charge is 2.50. The first-order valence-electron chi connectivity index (χ1n) is 14.6. The summed E-state index contributed by atoms with van der Waals surface area (Å²) in [6.45, 7) is 7.74. The number of piperazine rings is 1. The topological polar surface area (TPSA) is 71.5 Å². The molecule has 1 N–H and O–H groups in total. The molecule has 2 aromatic rings. The maximum Gasteiger partial charge on any atom is 0.231 e. The van der Waals surface area contributed by atoms with Crippen molar-refractivity contribution in [1.29, 1.82) is 0 Å². The maximum atomic E-state index is 13.6. The molecule has 4 aliphatic rings. The Bertz CT molecular complexity index is 1290. The van der Waals surface area contributed by atoms with Crippen LogP contribution in [0, 0.1) is 25.6 Å². The fraction of sp³-hybridized carbons (Fsp3) is 0.516. The Morgan fingerprint density at radius 1 is 1.02 bits per heavy atom. The Morgan fingerprint density at radius 2 is 1.77 bits per heavy atom. The molecule has 212 valence electrons. The minimum atomic E-state index is -0.372. The van der Waals surface area contributed by atoms with Crippen molar-refractivity contribution in [3.63, 3.8) is 0 Å². The van der Waals surface area contributed by atoms with Crippen LogP contribution in [-0.2, 0) is 16.1 Å². The summed E-state index contributed by atoms with van der Waals surface area (Å²) in [5, 5.41) is 4.66. The number of hydrazone groups is 1. The number of amides is 2. The number of fused-ring (bicyclic) bond motifs is 3.